The van der Waals surface area contributed by atoms with Gasteiger partial charge in [0.15, 0.2) is 5.69 Å². The smallest absolute Gasteiger partial charge is 0.273 e. The summed E-state index contributed by atoms with van der Waals surface area (Å²) in [6.07, 6.45) is 6.58. The molecule has 1 fully saturated rings. The summed E-state index contributed by atoms with van der Waals surface area (Å²) in [5.74, 6) is 0.421. The zero-order chi connectivity index (χ0) is 21.9. The molecule has 2 aromatic heterocycles. The number of aromatic nitrogens is 2. The lowest BCUT2D eigenvalue weighted by Gasteiger charge is -2.22. The maximum Gasteiger partial charge on any atom is 0.273 e. The molecule has 0 saturated heterocycles. The molecule has 1 aliphatic carbocycles. The van der Waals surface area contributed by atoms with E-state index in [4.69, 9.17) is 4.42 Å². The number of aryl methyl sites for hydroxylation is 1. The van der Waals surface area contributed by atoms with Crippen LogP contribution in [0.25, 0.3) is 10.9 Å². The zero-order valence-electron chi connectivity index (χ0n) is 18.3. The van der Waals surface area contributed by atoms with Crippen molar-refractivity contribution in [2.45, 2.75) is 45.3 Å². The van der Waals surface area contributed by atoms with E-state index in [1.54, 1.807) is 0 Å². The van der Waals surface area contributed by atoms with Gasteiger partial charge in [0, 0.05) is 36.2 Å². The Balaban J connectivity index is 1.31. The quantitative estimate of drug-likeness (QED) is 0.409. The van der Waals surface area contributed by atoms with Crippen LogP contribution in [0, 0.1) is 6.92 Å². The van der Waals surface area contributed by atoms with Gasteiger partial charge >= 0.3 is 0 Å². The number of oxazole rings is 1. The van der Waals surface area contributed by atoms with E-state index in [0.29, 0.717) is 24.2 Å². The second-order valence-corrected chi connectivity index (χ2v) is 8.62. The van der Waals surface area contributed by atoms with Gasteiger partial charge in [-0.25, -0.2) is 4.98 Å². The van der Waals surface area contributed by atoms with Crippen molar-refractivity contribution in [3.05, 3.63) is 89.3 Å². The predicted octanol–water partition coefficient (Wildman–Crippen LogP) is 4.60. The number of H-pyrrole nitrogens is 1. The van der Waals surface area contributed by atoms with E-state index < -0.39 is 0 Å². The van der Waals surface area contributed by atoms with Gasteiger partial charge in [-0.1, -0.05) is 42.5 Å². The Morgan fingerprint density at radius 2 is 1.94 bits per heavy atom. The van der Waals surface area contributed by atoms with Crippen LogP contribution >= 0.6 is 0 Å². The Labute approximate surface area is 187 Å². The largest absolute Gasteiger partial charge is 0.447 e. The van der Waals surface area contributed by atoms with Crippen molar-refractivity contribution in [2.24, 2.45) is 0 Å². The lowest BCUT2D eigenvalue weighted by molar-refractivity contribution is 0.0946. The number of fused-ring (bicyclic) bond motifs is 1. The van der Waals surface area contributed by atoms with Crippen LogP contribution in [0.3, 0.4) is 0 Å². The standard InChI is InChI=1S/C26H28N4O2/c1-18-6-2-3-7-20(18)15-30(13-12-19-14-27-23-9-5-4-8-22(19)23)16-25-29-24(17-32-25)26(31)28-21-10-11-21/h2-9,14,17,21,27H,10-13,15-16H2,1H3,(H,28,31). The molecule has 0 spiro atoms. The molecule has 0 aliphatic heterocycles. The molecule has 2 N–H and O–H groups in total. The Hall–Kier alpha value is -3.38. The van der Waals surface area contributed by atoms with E-state index in [9.17, 15) is 4.79 Å². The fourth-order valence-corrected chi connectivity index (χ4v) is 4.03. The number of hydrogen-bond donors (Lipinski definition) is 2. The summed E-state index contributed by atoms with van der Waals surface area (Å²) in [5.41, 5.74) is 5.37. The van der Waals surface area contributed by atoms with Crippen LogP contribution in [0.15, 0.2) is 65.4 Å². The highest BCUT2D eigenvalue weighted by Gasteiger charge is 2.25. The fourth-order valence-electron chi connectivity index (χ4n) is 4.03. The summed E-state index contributed by atoms with van der Waals surface area (Å²) in [7, 11) is 0. The second-order valence-electron chi connectivity index (χ2n) is 8.62. The SMILES string of the molecule is Cc1ccccc1CN(CCc1c[nH]c2ccccc12)Cc1nc(C(=O)NC2CC2)co1. The topological polar surface area (TPSA) is 74.2 Å². The monoisotopic (exact) mass is 428 g/mol. The van der Waals surface area contributed by atoms with E-state index in [1.165, 1.54) is 28.3 Å². The minimum Gasteiger partial charge on any atom is -0.447 e. The Bertz CT molecular complexity index is 1220. The third kappa shape index (κ3) is 4.75. The van der Waals surface area contributed by atoms with Crippen molar-refractivity contribution in [3.8, 4) is 0 Å². The Morgan fingerprint density at radius 1 is 1.12 bits per heavy atom. The number of aromatic amines is 1. The van der Waals surface area contributed by atoms with Gasteiger partial charge in [0.2, 0.25) is 5.89 Å². The van der Waals surface area contributed by atoms with Gasteiger partial charge in [0.25, 0.3) is 5.91 Å². The van der Waals surface area contributed by atoms with Crippen molar-refractivity contribution >= 4 is 16.8 Å². The summed E-state index contributed by atoms with van der Waals surface area (Å²) in [5, 5.41) is 4.23. The molecule has 0 radical (unpaired) electrons. The number of carbonyl (C=O) groups excluding carboxylic acids is 1. The van der Waals surface area contributed by atoms with E-state index >= 15 is 0 Å². The van der Waals surface area contributed by atoms with Crippen molar-refractivity contribution < 1.29 is 9.21 Å². The first-order valence-electron chi connectivity index (χ1n) is 11.2. The maximum atomic E-state index is 12.3. The third-order valence-corrected chi connectivity index (χ3v) is 6.08. The number of hydrogen-bond acceptors (Lipinski definition) is 4. The number of rotatable bonds is 9. The lowest BCUT2D eigenvalue weighted by Crippen LogP contribution is -2.27. The number of nitrogens with zero attached hydrogens (tertiary/aromatic N) is 2. The van der Waals surface area contributed by atoms with Gasteiger partial charge in [0.1, 0.15) is 6.26 Å². The predicted molar refractivity (Wildman–Crippen MR) is 124 cm³/mol. The Morgan fingerprint density at radius 3 is 2.78 bits per heavy atom. The highest BCUT2D eigenvalue weighted by Crippen LogP contribution is 2.21. The first-order chi connectivity index (χ1) is 15.7. The van der Waals surface area contributed by atoms with Gasteiger partial charge in [-0.2, -0.15) is 0 Å². The molecular weight excluding hydrogens is 400 g/mol. The first kappa shape index (κ1) is 20.5. The van der Waals surface area contributed by atoms with Gasteiger partial charge < -0.3 is 14.7 Å². The molecule has 1 amide bonds. The molecule has 164 valence electrons. The van der Waals surface area contributed by atoms with Crippen LogP contribution in [0.5, 0.6) is 0 Å². The molecule has 0 atom stereocenters. The molecule has 1 aliphatic rings. The minimum absolute atomic E-state index is 0.147. The molecule has 6 nitrogen and oxygen atoms in total. The van der Waals surface area contributed by atoms with Gasteiger partial charge in [0.05, 0.1) is 6.54 Å². The number of amides is 1. The van der Waals surface area contributed by atoms with E-state index in [0.717, 1.165) is 37.9 Å². The lowest BCUT2D eigenvalue weighted by atomic mass is 10.1. The van der Waals surface area contributed by atoms with Crippen LogP contribution in [-0.2, 0) is 19.5 Å². The fraction of sp³-hybridized carbons (Fsp3) is 0.308. The van der Waals surface area contributed by atoms with Crippen molar-refractivity contribution in [2.75, 3.05) is 6.54 Å². The maximum absolute atomic E-state index is 12.3. The summed E-state index contributed by atoms with van der Waals surface area (Å²) < 4.78 is 5.67. The van der Waals surface area contributed by atoms with Crippen molar-refractivity contribution in [1.29, 1.82) is 0 Å². The first-order valence-corrected chi connectivity index (χ1v) is 11.2. The summed E-state index contributed by atoms with van der Waals surface area (Å²) in [4.78, 5) is 22.4. The number of para-hydroxylation sites is 1. The summed E-state index contributed by atoms with van der Waals surface area (Å²) in [6, 6.07) is 17.1. The average Bonchev–Trinajstić information content (AvgIpc) is 3.32. The van der Waals surface area contributed by atoms with E-state index in [2.05, 4.69) is 75.8 Å². The average molecular weight is 429 g/mol. The molecule has 1 saturated carbocycles. The van der Waals surface area contributed by atoms with Crippen LogP contribution < -0.4 is 5.32 Å². The van der Waals surface area contributed by atoms with Crippen LogP contribution in [-0.4, -0.2) is 33.4 Å². The van der Waals surface area contributed by atoms with Gasteiger partial charge in [-0.05, 0) is 48.9 Å². The van der Waals surface area contributed by atoms with Crippen LogP contribution in [0.4, 0.5) is 0 Å². The molecule has 0 unspecified atom stereocenters. The highest BCUT2D eigenvalue weighted by molar-refractivity contribution is 5.92. The number of carbonyl (C=O) groups is 1. The molecule has 2 aromatic carbocycles. The van der Waals surface area contributed by atoms with E-state index in [1.807, 2.05) is 6.07 Å². The summed E-state index contributed by atoms with van der Waals surface area (Å²) in [6.45, 7) is 4.33. The zero-order valence-corrected chi connectivity index (χ0v) is 18.3. The van der Waals surface area contributed by atoms with Crippen LogP contribution in [0.2, 0.25) is 0 Å². The van der Waals surface area contributed by atoms with Crippen molar-refractivity contribution in [3.63, 3.8) is 0 Å². The second kappa shape index (κ2) is 9.01. The molecule has 5 rings (SSSR count). The third-order valence-electron chi connectivity index (χ3n) is 6.08. The Kier molecular flexibility index (Phi) is 5.77. The molecule has 32 heavy (non-hydrogen) atoms. The van der Waals surface area contributed by atoms with Crippen LogP contribution in [0.1, 0.15) is 45.9 Å². The summed E-state index contributed by atoms with van der Waals surface area (Å²) >= 11 is 0. The van der Waals surface area contributed by atoms with E-state index in [-0.39, 0.29) is 5.91 Å². The highest BCUT2D eigenvalue weighted by atomic mass is 16.3. The van der Waals surface area contributed by atoms with Gasteiger partial charge in [-0.15, -0.1) is 0 Å². The normalized spacial score (nSPS) is 13.7. The number of nitrogens with one attached hydrogen (secondary N) is 2. The van der Waals surface area contributed by atoms with Gasteiger partial charge in [-0.3, -0.25) is 9.69 Å². The minimum atomic E-state index is -0.147. The molecular formula is C26H28N4O2. The molecule has 6 heteroatoms. The molecule has 2 heterocycles. The molecule has 4 aromatic rings. The molecule has 0 bridgehead atoms. The number of benzene rings is 2. The van der Waals surface area contributed by atoms with Crippen molar-refractivity contribution in [1.82, 2.24) is 20.2 Å².